The van der Waals surface area contributed by atoms with E-state index in [4.69, 9.17) is 9.47 Å². The number of carbonyl (C=O) groups excluding carboxylic acids is 1. The van der Waals surface area contributed by atoms with Crippen LogP contribution in [0, 0.1) is 6.92 Å². The van der Waals surface area contributed by atoms with Crippen molar-refractivity contribution in [3.8, 4) is 5.75 Å². The molecule has 3 N–H and O–H groups in total. The van der Waals surface area contributed by atoms with Crippen molar-refractivity contribution in [3.63, 3.8) is 0 Å². The van der Waals surface area contributed by atoms with E-state index >= 15 is 0 Å². The summed E-state index contributed by atoms with van der Waals surface area (Å²) in [5.41, 5.74) is 4.22. The first-order valence-corrected chi connectivity index (χ1v) is 11.1. The van der Waals surface area contributed by atoms with Crippen molar-refractivity contribution in [1.29, 1.82) is 0 Å². The van der Waals surface area contributed by atoms with Crippen LogP contribution < -0.4 is 20.7 Å². The van der Waals surface area contributed by atoms with E-state index in [9.17, 15) is 4.79 Å². The average Bonchev–Trinajstić information content (AvgIpc) is 3.71. The lowest BCUT2D eigenvalue weighted by molar-refractivity contribution is -0.117. The topological polar surface area (TPSA) is 114 Å². The summed E-state index contributed by atoms with van der Waals surface area (Å²) in [7, 11) is 0. The van der Waals surface area contributed by atoms with E-state index in [1.54, 1.807) is 6.20 Å². The highest BCUT2D eigenvalue weighted by atomic mass is 16.6. The Labute approximate surface area is 202 Å². The molecule has 1 aliphatic rings. The summed E-state index contributed by atoms with van der Waals surface area (Å²) in [4.78, 5) is 24.8. The van der Waals surface area contributed by atoms with Gasteiger partial charge in [0.05, 0.1) is 12.3 Å². The quantitative estimate of drug-likeness (QED) is 0.306. The Kier molecular flexibility index (Phi) is 6.49. The van der Waals surface area contributed by atoms with Crippen molar-refractivity contribution in [1.82, 2.24) is 15.0 Å². The number of nitrogens with one attached hydrogen (secondary N) is 3. The second kappa shape index (κ2) is 10.2. The van der Waals surface area contributed by atoms with Crippen LogP contribution in [0.5, 0.6) is 5.75 Å². The second-order valence-corrected chi connectivity index (χ2v) is 8.02. The largest absolute Gasteiger partial charge is 0.487 e. The van der Waals surface area contributed by atoms with Crippen LogP contribution in [0.1, 0.15) is 11.3 Å². The summed E-state index contributed by atoms with van der Waals surface area (Å²) in [5, 5.41) is 9.38. The summed E-state index contributed by atoms with van der Waals surface area (Å²) in [5.74, 6) is 1.91. The van der Waals surface area contributed by atoms with Crippen LogP contribution in [0.4, 0.5) is 28.7 Å². The molecule has 0 aliphatic carbocycles. The number of hydrogen-bond acceptors (Lipinski definition) is 8. The molecule has 0 spiro atoms. The van der Waals surface area contributed by atoms with Crippen molar-refractivity contribution in [2.45, 2.75) is 19.6 Å². The Balaban J connectivity index is 1.21. The molecule has 2 aromatic carbocycles. The normalized spacial score (nSPS) is 14.1. The van der Waals surface area contributed by atoms with Crippen molar-refractivity contribution < 1.29 is 14.3 Å². The van der Waals surface area contributed by atoms with Crippen LogP contribution in [-0.2, 0) is 16.1 Å². The number of nitrogens with zero attached hydrogens (tertiary/aromatic N) is 3. The zero-order valence-electron chi connectivity index (χ0n) is 19.1. The number of carbonyl (C=O) groups is 1. The summed E-state index contributed by atoms with van der Waals surface area (Å²) in [6, 6.07) is 20.8. The van der Waals surface area contributed by atoms with Gasteiger partial charge in [0.25, 0.3) is 5.91 Å². The number of aromatic nitrogens is 3. The number of hydrogen-bond donors (Lipinski definition) is 3. The molecule has 1 saturated heterocycles. The van der Waals surface area contributed by atoms with Crippen molar-refractivity contribution in [2.24, 2.45) is 0 Å². The summed E-state index contributed by atoms with van der Waals surface area (Å²) >= 11 is 0. The van der Waals surface area contributed by atoms with Gasteiger partial charge in [-0.2, -0.15) is 0 Å². The van der Waals surface area contributed by atoms with Gasteiger partial charge in [0, 0.05) is 29.3 Å². The molecule has 1 amide bonds. The number of aryl methyl sites for hydroxylation is 1. The monoisotopic (exact) mass is 468 g/mol. The van der Waals surface area contributed by atoms with Gasteiger partial charge in [0.15, 0.2) is 6.10 Å². The van der Waals surface area contributed by atoms with E-state index in [-0.39, 0.29) is 12.0 Å². The minimum absolute atomic E-state index is 0.140. The molecule has 1 atom stereocenters. The van der Waals surface area contributed by atoms with Crippen LogP contribution >= 0.6 is 0 Å². The fourth-order valence-electron chi connectivity index (χ4n) is 3.41. The van der Waals surface area contributed by atoms with Crippen molar-refractivity contribution in [2.75, 3.05) is 22.6 Å². The minimum Gasteiger partial charge on any atom is -0.487 e. The predicted molar refractivity (Wildman–Crippen MR) is 133 cm³/mol. The highest BCUT2D eigenvalue weighted by Crippen LogP contribution is 2.26. The van der Waals surface area contributed by atoms with E-state index in [0.29, 0.717) is 30.5 Å². The molecule has 35 heavy (non-hydrogen) atoms. The van der Waals surface area contributed by atoms with E-state index in [1.807, 2.05) is 73.7 Å². The van der Waals surface area contributed by atoms with Gasteiger partial charge in [-0.1, -0.05) is 12.1 Å². The molecule has 176 valence electrons. The minimum atomic E-state index is -0.341. The van der Waals surface area contributed by atoms with Gasteiger partial charge in [-0.3, -0.25) is 9.78 Å². The van der Waals surface area contributed by atoms with Crippen LogP contribution in [-0.4, -0.2) is 33.6 Å². The standard InChI is InChI=1S/C26H24N6O3/c1-17-11-20(8-9-22(17)34-14-21-5-2-3-10-27-21)31-25-13-24(28-16-29-25)30-18-6-4-7-19(12-18)32-26(33)23-15-35-23/h2-13,16,23H,14-15H2,1H3,(H,32,33)(H2,28,29,30,31)/t23-/m0/s1. The zero-order valence-corrected chi connectivity index (χ0v) is 19.1. The molecule has 0 unspecified atom stereocenters. The fraction of sp³-hybridized carbons (Fsp3) is 0.154. The van der Waals surface area contributed by atoms with Crippen LogP contribution in [0.15, 0.2) is 79.3 Å². The van der Waals surface area contributed by atoms with Gasteiger partial charge < -0.3 is 25.4 Å². The number of anilines is 5. The maximum absolute atomic E-state index is 11.9. The maximum Gasteiger partial charge on any atom is 0.255 e. The Morgan fingerprint density at radius 3 is 2.43 bits per heavy atom. The Morgan fingerprint density at radius 2 is 1.71 bits per heavy atom. The smallest absolute Gasteiger partial charge is 0.255 e. The summed E-state index contributed by atoms with van der Waals surface area (Å²) in [6.45, 7) is 2.88. The van der Waals surface area contributed by atoms with Gasteiger partial charge in [0.2, 0.25) is 0 Å². The first kappa shape index (κ1) is 22.3. The number of ether oxygens (including phenoxy) is 2. The van der Waals surface area contributed by atoms with E-state index < -0.39 is 0 Å². The maximum atomic E-state index is 11.9. The summed E-state index contributed by atoms with van der Waals surface area (Å²) in [6.07, 6.45) is 2.90. The zero-order chi connectivity index (χ0) is 24.0. The van der Waals surface area contributed by atoms with Crippen LogP contribution in [0.25, 0.3) is 0 Å². The molecular weight excluding hydrogens is 444 g/mol. The molecule has 4 aromatic rings. The van der Waals surface area contributed by atoms with Gasteiger partial charge in [-0.15, -0.1) is 0 Å². The molecular formula is C26H24N6O3. The van der Waals surface area contributed by atoms with Crippen LogP contribution in [0.2, 0.25) is 0 Å². The second-order valence-electron chi connectivity index (χ2n) is 8.02. The molecule has 9 nitrogen and oxygen atoms in total. The molecule has 1 fully saturated rings. The average molecular weight is 469 g/mol. The first-order chi connectivity index (χ1) is 17.1. The molecule has 0 radical (unpaired) electrons. The third-order valence-electron chi connectivity index (χ3n) is 5.24. The predicted octanol–water partition coefficient (Wildman–Crippen LogP) is 4.58. The Bertz CT molecular complexity index is 1330. The lowest BCUT2D eigenvalue weighted by atomic mass is 10.2. The molecule has 1 aliphatic heterocycles. The molecule has 9 heteroatoms. The molecule has 0 saturated carbocycles. The number of epoxide rings is 1. The first-order valence-electron chi connectivity index (χ1n) is 11.1. The van der Waals surface area contributed by atoms with Crippen LogP contribution in [0.3, 0.4) is 0 Å². The van der Waals surface area contributed by atoms with E-state index in [1.165, 1.54) is 6.33 Å². The Hall–Kier alpha value is -4.50. The van der Waals surface area contributed by atoms with E-state index in [2.05, 4.69) is 30.9 Å². The molecule has 2 aromatic heterocycles. The highest BCUT2D eigenvalue weighted by molar-refractivity contribution is 5.96. The Morgan fingerprint density at radius 1 is 0.943 bits per heavy atom. The third-order valence-corrected chi connectivity index (χ3v) is 5.24. The third kappa shape index (κ3) is 6.10. The van der Waals surface area contributed by atoms with Crippen molar-refractivity contribution in [3.05, 3.63) is 90.5 Å². The van der Waals surface area contributed by atoms with Gasteiger partial charge in [0.1, 0.15) is 30.3 Å². The number of rotatable bonds is 9. The number of amides is 1. The molecule has 0 bridgehead atoms. The SMILES string of the molecule is Cc1cc(Nc2cc(Nc3cccc(NC(=O)[C@@H]4CO4)c3)ncn2)ccc1OCc1ccccn1. The number of pyridine rings is 1. The summed E-state index contributed by atoms with van der Waals surface area (Å²) < 4.78 is 10.9. The molecule has 5 rings (SSSR count). The highest BCUT2D eigenvalue weighted by Gasteiger charge is 2.31. The molecule has 3 heterocycles. The fourth-order valence-corrected chi connectivity index (χ4v) is 3.41. The van der Waals surface area contributed by atoms with Gasteiger partial charge in [-0.05, 0) is 61.0 Å². The van der Waals surface area contributed by atoms with E-state index in [0.717, 1.165) is 28.4 Å². The van der Waals surface area contributed by atoms with Crippen molar-refractivity contribution >= 4 is 34.6 Å². The lowest BCUT2D eigenvalue weighted by Crippen LogP contribution is -2.17. The van der Waals surface area contributed by atoms with Gasteiger partial charge in [-0.25, -0.2) is 9.97 Å². The van der Waals surface area contributed by atoms with Gasteiger partial charge >= 0.3 is 0 Å². The number of benzene rings is 2. The lowest BCUT2D eigenvalue weighted by Gasteiger charge is -2.12.